The first-order valence-corrected chi connectivity index (χ1v) is 13.1. The van der Waals surface area contributed by atoms with Gasteiger partial charge in [0, 0.05) is 12.5 Å². The van der Waals surface area contributed by atoms with Crippen molar-refractivity contribution in [3.63, 3.8) is 0 Å². The zero-order chi connectivity index (χ0) is 25.5. The van der Waals surface area contributed by atoms with Crippen LogP contribution in [-0.4, -0.2) is 36.9 Å². The molecular formula is C32H33NO4. The largest absolute Gasteiger partial charge is 0.494 e. The Morgan fingerprint density at radius 3 is 2.59 bits per heavy atom. The minimum Gasteiger partial charge on any atom is -0.494 e. The summed E-state index contributed by atoms with van der Waals surface area (Å²) >= 11 is 0. The molecule has 0 aliphatic carbocycles. The van der Waals surface area contributed by atoms with Gasteiger partial charge < -0.3 is 19.9 Å². The van der Waals surface area contributed by atoms with Crippen molar-refractivity contribution in [3.8, 4) is 11.5 Å². The van der Waals surface area contributed by atoms with E-state index in [9.17, 15) is 9.90 Å². The van der Waals surface area contributed by atoms with E-state index in [0.717, 1.165) is 55.8 Å². The molecule has 1 saturated heterocycles. The van der Waals surface area contributed by atoms with Gasteiger partial charge in [-0.25, -0.2) is 4.79 Å². The van der Waals surface area contributed by atoms with Crippen molar-refractivity contribution < 1.29 is 19.4 Å². The molecule has 4 aromatic carbocycles. The Labute approximate surface area is 218 Å². The number of fused-ring (bicyclic) bond motifs is 1. The van der Waals surface area contributed by atoms with E-state index >= 15 is 0 Å². The van der Waals surface area contributed by atoms with E-state index in [1.54, 1.807) is 12.1 Å². The highest BCUT2D eigenvalue weighted by Crippen LogP contribution is 2.32. The third-order valence-corrected chi connectivity index (χ3v) is 7.08. The zero-order valence-electron chi connectivity index (χ0n) is 20.9. The van der Waals surface area contributed by atoms with Crippen LogP contribution in [0.3, 0.4) is 0 Å². The Hall–Kier alpha value is -3.83. The predicted molar refractivity (Wildman–Crippen MR) is 147 cm³/mol. The Morgan fingerprint density at radius 2 is 1.70 bits per heavy atom. The molecule has 5 heteroatoms. The van der Waals surface area contributed by atoms with Crippen LogP contribution in [0.25, 0.3) is 10.8 Å². The van der Waals surface area contributed by atoms with Gasteiger partial charge in [0.2, 0.25) is 0 Å². The quantitative estimate of drug-likeness (QED) is 0.247. The molecule has 5 rings (SSSR count). The number of carbonyl (C=O) groups is 1. The second kappa shape index (κ2) is 11.9. The van der Waals surface area contributed by atoms with E-state index in [-0.39, 0.29) is 12.0 Å². The normalized spacial score (nSPS) is 17.4. The lowest BCUT2D eigenvalue weighted by Crippen LogP contribution is -2.42. The second-order valence-corrected chi connectivity index (χ2v) is 9.60. The van der Waals surface area contributed by atoms with Gasteiger partial charge in [0.05, 0.1) is 12.2 Å². The maximum atomic E-state index is 11.4. The maximum absolute atomic E-state index is 11.4. The first-order chi connectivity index (χ1) is 18.2. The van der Waals surface area contributed by atoms with Gasteiger partial charge in [0.25, 0.3) is 0 Å². The van der Waals surface area contributed by atoms with E-state index in [1.807, 2.05) is 18.2 Å². The van der Waals surface area contributed by atoms with Gasteiger partial charge in [-0.2, -0.15) is 0 Å². The van der Waals surface area contributed by atoms with Crippen LogP contribution in [0.5, 0.6) is 11.5 Å². The number of piperidine rings is 1. The molecule has 0 amide bonds. The van der Waals surface area contributed by atoms with E-state index in [1.165, 1.54) is 16.3 Å². The molecule has 0 aromatic heterocycles. The fraction of sp³-hybridized carbons (Fsp3) is 0.281. The van der Waals surface area contributed by atoms with Crippen LogP contribution in [0.15, 0.2) is 91.0 Å². The van der Waals surface area contributed by atoms with E-state index in [0.29, 0.717) is 12.2 Å². The summed E-state index contributed by atoms with van der Waals surface area (Å²) in [5.41, 5.74) is 2.50. The van der Waals surface area contributed by atoms with Gasteiger partial charge in [0.1, 0.15) is 17.6 Å². The van der Waals surface area contributed by atoms with E-state index < -0.39 is 5.97 Å². The van der Waals surface area contributed by atoms with Crippen molar-refractivity contribution in [2.24, 2.45) is 0 Å². The fourth-order valence-corrected chi connectivity index (χ4v) is 5.14. The molecule has 1 heterocycles. The molecule has 1 fully saturated rings. The number of nitrogens with one attached hydrogen (secondary N) is 1. The van der Waals surface area contributed by atoms with Crippen molar-refractivity contribution in [1.29, 1.82) is 0 Å². The predicted octanol–water partition coefficient (Wildman–Crippen LogP) is 6.46. The molecule has 5 nitrogen and oxygen atoms in total. The highest BCUT2D eigenvalue weighted by atomic mass is 16.5. The molecule has 4 aromatic rings. The van der Waals surface area contributed by atoms with Crippen molar-refractivity contribution in [2.75, 3.05) is 19.7 Å². The number of benzene rings is 4. The highest BCUT2D eigenvalue weighted by molar-refractivity contribution is 5.89. The van der Waals surface area contributed by atoms with Crippen molar-refractivity contribution in [2.45, 2.75) is 37.7 Å². The van der Waals surface area contributed by atoms with Crippen LogP contribution in [-0.2, 0) is 6.42 Å². The third-order valence-electron chi connectivity index (χ3n) is 7.08. The van der Waals surface area contributed by atoms with Gasteiger partial charge >= 0.3 is 5.97 Å². The number of unbranched alkanes of at least 4 members (excludes halogenated alkanes) is 1. The number of hydrogen-bond acceptors (Lipinski definition) is 4. The first-order valence-electron chi connectivity index (χ1n) is 13.1. The molecule has 2 unspecified atom stereocenters. The SMILES string of the molecule is O=C(O)c1ccccc1CCCCOc1cccc(C2CCNCC2Oc2ccc3ccccc3c2)c1. The molecule has 1 aliphatic rings. The Balaban J connectivity index is 1.18. The average molecular weight is 496 g/mol. The minimum absolute atomic E-state index is 0.0412. The summed E-state index contributed by atoms with van der Waals surface area (Å²) in [4.78, 5) is 11.4. The lowest BCUT2D eigenvalue weighted by atomic mass is 9.87. The van der Waals surface area contributed by atoms with Gasteiger partial charge in [-0.15, -0.1) is 0 Å². The van der Waals surface area contributed by atoms with Crippen LogP contribution in [0.2, 0.25) is 0 Å². The monoisotopic (exact) mass is 495 g/mol. The maximum Gasteiger partial charge on any atom is 0.335 e. The van der Waals surface area contributed by atoms with Gasteiger partial charge in [-0.05, 0) is 84.5 Å². The summed E-state index contributed by atoms with van der Waals surface area (Å²) < 4.78 is 12.6. The van der Waals surface area contributed by atoms with Gasteiger partial charge in [-0.3, -0.25) is 0 Å². The number of aromatic carboxylic acids is 1. The molecule has 0 saturated carbocycles. The Kier molecular flexibility index (Phi) is 8.02. The van der Waals surface area contributed by atoms with Crippen molar-refractivity contribution in [1.82, 2.24) is 5.32 Å². The smallest absolute Gasteiger partial charge is 0.335 e. The second-order valence-electron chi connectivity index (χ2n) is 9.60. The van der Waals surface area contributed by atoms with Crippen LogP contribution >= 0.6 is 0 Å². The first kappa shape index (κ1) is 24.8. The van der Waals surface area contributed by atoms with Crippen LogP contribution in [0.1, 0.15) is 46.7 Å². The number of rotatable bonds is 10. The molecule has 0 radical (unpaired) electrons. The van der Waals surface area contributed by atoms with Crippen LogP contribution in [0, 0.1) is 0 Å². The van der Waals surface area contributed by atoms with Crippen LogP contribution < -0.4 is 14.8 Å². The van der Waals surface area contributed by atoms with Crippen LogP contribution in [0.4, 0.5) is 0 Å². The van der Waals surface area contributed by atoms with E-state index in [4.69, 9.17) is 9.47 Å². The molecule has 2 atom stereocenters. The summed E-state index contributed by atoms with van der Waals surface area (Å²) in [5.74, 6) is 1.17. The molecule has 0 spiro atoms. The number of aryl methyl sites for hydroxylation is 1. The fourth-order valence-electron chi connectivity index (χ4n) is 5.14. The summed E-state index contributed by atoms with van der Waals surface area (Å²) in [6.45, 7) is 2.37. The molecular weight excluding hydrogens is 462 g/mol. The molecule has 37 heavy (non-hydrogen) atoms. The summed E-state index contributed by atoms with van der Waals surface area (Å²) in [6, 6.07) is 30.2. The molecule has 1 aliphatic heterocycles. The minimum atomic E-state index is -0.871. The third kappa shape index (κ3) is 6.30. The van der Waals surface area contributed by atoms with Gasteiger partial charge in [0.15, 0.2) is 0 Å². The zero-order valence-corrected chi connectivity index (χ0v) is 20.9. The summed E-state index contributed by atoms with van der Waals surface area (Å²) in [5, 5.41) is 15.2. The number of hydrogen-bond donors (Lipinski definition) is 2. The summed E-state index contributed by atoms with van der Waals surface area (Å²) in [6.07, 6.45) is 3.51. The number of carboxylic acids is 1. The number of carboxylic acid groups (broad SMARTS) is 1. The van der Waals surface area contributed by atoms with E-state index in [2.05, 4.69) is 66.0 Å². The number of ether oxygens (including phenoxy) is 2. The topological polar surface area (TPSA) is 67.8 Å². The molecule has 0 bridgehead atoms. The highest BCUT2D eigenvalue weighted by Gasteiger charge is 2.28. The summed E-state index contributed by atoms with van der Waals surface area (Å²) in [7, 11) is 0. The van der Waals surface area contributed by atoms with Crippen molar-refractivity contribution >= 4 is 16.7 Å². The van der Waals surface area contributed by atoms with Crippen molar-refractivity contribution in [3.05, 3.63) is 108 Å². The lowest BCUT2D eigenvalue weighted by molar-refractivity contribution is 0.0695. The standard InChI is InChI=1S/C32H33NO4/c34-32(35)30-14-4-3-9-24(30)10-5-6-19-36-27-13-7-12-26(21-27)29-17-18-33-22-31(29)37-28-16-15-23-8-1-2-11-25(23)20-28/h1-4,7-9,11-16,20-21,29,31,33H,5-6,10,17-19,22H2,(H,34,35). The average Bonchev–Trinajstić information content (AvgIpc) is 2.93. The molecule has 2 N–H and O–H groups in total. The Morgan fingerprint density at radius 1 is 0.865 bits per heavy atom. The lowest BCUT2D eigenvalue weighted by Gasteiger charge is -2.33. The molecule has 190 valence electrons. The van der Waals surface area contributed by atoms with Gasteiger partial charge in [-0.1, -0.05) is 60.7 Å². The Bertz CT molecular complexity index is 1350.